The molecule has 1 heterocycles. The Hall–Kier alpha value is -1.25. The normalized spacial score (nSPS) is 12.4. The minimum absolute atomic E-state index is 0.0547. The zero-order valence-electron chi connectivity index (χ0n) is 12.3. The van der Waals surface area contributed by atoms with E-state index in [1.54, 1.807) is 14.2 Å². The molecule has 0 fully saturated rings. The van der Waals surface area contributed by atoms with Crippen molar-refractivity contribution < 1.29 is 13.2 Å². The highest BCUT2D eigenvalue weighted by molar-refractivity contribution is 7.89. The fourth-order valence-corrected chi connectivity index (χ4v) is 2.55. The lowest BCUT2D eigenvalue weighted by Crippen LogP contribution is -2.34. The topological polar surface area (TPSA) is 93.2 Å². The standard InChI is InChI=1S/C12H22N4O3S/c1-12(2,5-6-19-4)9-16-20(17,18)10-7-14-11(13-3)15-8-10/h7-8,16H,5-6,9H2,1-4H3,(H,13,14,15). The molecule has 0 saturated heterocycles. The maximum atomic E-state index is 12.1. The van der Waals surface area contributed by atoms with Crippen molar-refractivity contribution in [1.82, 2.24) is 14.7 Å². The summed E-state index contributed by atoms with van der Waals surface area (Å²) in [5.74, 6) is 0.379. The molecule has 0 unspecified atom stereocenters. The highest BCUT2D eigenvalue weighted by Crippen LogP contribution is 2.20. The summed E-state index contributed by atoms with van der Waals surface area (Å²) in [7, 11) is -0.294. The summed E-state index contributed by atoms with van der Waals surface area (Å²) in [4.78, 5) is 7.85. The number of sulfonamides is 1. The molecule has 0 amide bonds. The Morgan fingerprint density at radius 3 is 2.40 bits per heavy atom. The molecule has 0 bridgehead atoms. The van der Waals surface area contributed by atoms with E-state index in [-0.39, 0.29) is 10.3 Å². The molecule has 20 heavy (non-hydrogen) atoms. The van der Waals surface area contributed by atoms with Crippen molar-refractivity contribution in [2.45, 2.75) is 25.2 Å². The number of anilines is 1. The van der Waals surface area contributed by atoms with Crippen molar-refractivity contribution in [3.05, 3.63) is 12.4 Å². The monoisotopic (exact) mass is 302 g/mol. The lowest BCUT2D eigenvalue weighted by Gasteiger charge is -2.24. The number of nitrogens with zero attached hydrogens (tertiary/aromatic N) is 2. The van der Waals surface area contributed by atoms with Gasteiger partial charge < -0.3 is 10.1 Å². The average molecular weight is 302 g/mol. The van der Waals surface area contributed by atoms with Gasteiger partial charge in [-0.05, 0) is 11.8 Å². The number of nitrogens with one attached hydrogen (secondary N) is 2. The molecular formula is C12H22N4O3S. The second-order valence-corrected chi connectivity index (χ2v) is 6.99. The molecule has 0 aromatic carbocycles. The van der Waals surface area contributed by atoms with Crippen LogP contribution in [0.3, 0.4) is 0 Å². The van der Waals surface area contributed by atoms with Crippen LogP contribution < -0.4 is 10.0 Å². The fourth-order valence-electron chi connectivity index (χ4n) is 1.42. The first-order valence-corrected chi connectivity index (χ1v) is 7.77. The maximum Gasteiger partial charge on any atom is 0.243 e. The van der Waals surface area contributed by atoms with Crippen molar-refractivity contribution in [3.8, 4) is 0 Å². The van der Waals surface area contributed by atoms with Crippen LogP contribution >= 0.6 is 0 Å². The summed E-state index contributed by atoms with van der Waals surface area (Å²) in [6.45, 7) is 4.88. The molecule has 0 radical (unpaired) electrons. The zero-order valence-corrected chi connectivity index (χ0v) is 13.1. The van der Waals surface area contributed by atoms with E-state index in [9.17, 15) is 8.42 Å². The van der Waals surface area contributed by atoms with E-state index >= 15 is 0 Å². The summed E-state index contributed by atoms with van der Waals surface area (Å²) in [6, 6.07) is 0. The first kappa shape index (κ1) is 16.8. The van der Waals surface area contributed by atoms with Gasteiger partial charge in [0.05, 0.1) is 12.4 Å². The van der Waals surface area contributed by atoms with Gasteiger partial charge in [0.1, 0.15) is 4.90 Å². The van der Waals surface area contributed by atoms with Gasteiger partial charge in [-0.15, -0.1) is 0 Å². The van der Waals surface area contributed by atoms with E-state index in [2.05, 4.69) is 20.0 Å². The Morgan fingerprint density at radius 2 is 1.90 bits per heavy atom. The quantitative estimate of drug-likeness (QED) is 0.740. The number of ether oxygens (including phenoxy) is 1. The van der Waals surface area contributed by atoms with Crippen molar-refractivity contribution in [2.24, 2.45) is 5.41 Å². The van der Waals surface area contributed by atoms with Crippen LogP contribution in [-0.2, 0) is 14.8 Å². The van der Waals surface area contributed by atoms with Crippen molar-refractivity contribution in [3.63, 3.8) is 0 Å². The van der Waals surface area contributed by atoms with Crippen LogP contribution in [0.15, 0.2) is 17.3 Å². The lowest BCUT2D eigenvalue weighted by atomic mass is 9.90. The molecule has 0 spiro atoms. The summed E-state index contributed by atoms with van der Waals surface area (Å²) in [6.07, 6.45) is 3.33. The number of methoxy groups -OCH3 is 1. The predicted molar refractivity (Wildman–Crippen MR) is 77.0 cm³/mol. The van der Waals surface area contributed by atoms with Gasteiger partial charge in [0.2, 0.25) is 16.0 Å². The van der Waals surface area contributed by atoms with Crippen LogP contribution in [0.4, 0.5) is 5.95 Å². The van der Waals surface area contributed by atoms with Gasteiger partial charge in [-0.25, -0.2) is 23.1 Å². The highest BCUT2D eigenvalue weighted by Gasteiger charge is 2.22. The number of hydrogen-bond acceptors (Lipinski definition) is 6. The minimum atomic E-state index is -3.59. The van der Waals surface area contributed by atoms with E-state index in [1.807, 2.05) is 13.8 Å². The van der Waals surface area contributed by atoms with Gasteiger partial charge in [-0.3, -0.25) is 0 Å². The Labute approximate surface area is 120 Å². The number of aromatic nitrogens is 2. The Kier molecular flexibility index (Phi) is 5.85. The van der Waals surface area contributed by atoms with E-state index in [1.165, 1.54) is 12.4 Å². The molecule has 0 aliphatic heterocycles. The molecule has 2 N–H and O–H groups in total. The second kappa shape index (κ2) is 6.96. The third-order valence-corrected chi connectivity index (χ3v) is 4.24. The second-order valence-electron chi connectivity index (χ2n) is 5.22. The van der Waals surface area contributed by atoms with Crippen LogP contribution in [0.5, 0.6) is 0 Å². The number of hydrogen-bond donors (Lipinski definition) is 2. The molecule has 0 atom stereocenters. The van der Waals surface area contributed by atoms with E-state index in [4.69, 9.17) is 4.74 Å². The summed E-state index contributed by atoms with van der Waals surface area (Å²) < 4.78 is 31.8. The van der Waals surface area contributed by atoms with Gasteiger partial charge in [-0.2, -0.15) is 0 Å². The van der Waals surface area contributed by atoms with E-state index in [0.717, 1.165) is 6.42 Å². The van der Waals surface area contributed by atoms with Crippen LogP contribution in [0.2, 0.25) is 0 Å². The third-order valence-electron chi connectivity index (χ3n) is 2.89. The minimum Gasteiger partial charge on any atom is -0.385 e. The highest BCUT2D eigenvalue weighted by atomic mass is 32.2. The first-order valence-electron chi connectivity index (χ1n) is 6.29. The maximum absolute atomic E-state index is 12.1. The largest absolute Gasteiger partial charge is 0.385 e. The summed E-state index contributed by atoms with van der Waals surface area (Å²) in [5.41, 5.74) is -0.186. The molecule has 0 aliphatic carbocycles. The molecule has 0 saturated carbocycles. The first-order chi connectivity index (χ1) is 9.30. The molecule has 114 valence electrons. The summed E-state index contributed by atoms with van der Waals surface area (Å²) in [5, 5.41) is 2.73. The van der Waals surface area contributed by atoms with Gasteiger partial charge in [-0.1, -0.05) is 13.8 Å². The molecule has 1 aromatic rings. The molecule has 1 rings (SSSR count). The molecule has 1 aromatic heterocycles. The van der Waals surface area contributed by atoms with Crippen molar-refractivity contribution in [1.29, 1.82) is 0 Å². The Morgan fingerprint density at radius 1 is 1.30 bits per heavy atom. The average Bonchev–Trinajstić information content (AvgIpc) is 2.43. The smallest absolute Gasteiger partial charge is 0.243 e. The molecule has 0 aliphatic rings. The Balaban J connectivity index is 2.69. The van der Waals surface area contributed by atoms with E-state index in [0.29, 0.717) is 19.1 Å². The zero-order chi connectivity index (χ0) is 15.2. The predicted octanol–water partition coefficient (Wildman–Crippen LogP) is 0.859. The fraction of sp³-hybridized carbons (Fsp3) is 0.667. The van der Waals surface area contributed by atoms with Gasteiger partial charge >= 0.3 is 0 Å². The summed E-state index contributed by atoms with van der Waals surface area (Å²) >= 11 is 0. The Bertz CT molecular complexity index is 514. The van der Waals surface area contributed by atoms with E-state index < -0.39 is 10.0 Å². The molecular weight excluding hydrogens is 280 g/mol. The lowest BCUT2D eigenvalue weighted by molar-refractivity contribution is 0.153. The van der Waals surface area contributed by atoms with Gasteiger partial charge in [0.25, 0.3) is 0 Å². The van der Waals surface area contributed by atoms with Crippen LogP contribution in [0.1, 0.15) is 20.3 Å². The SMILES string of the molecule is CNc1ncc(S(=O)(=O)NCC(C)(C)CCOC)cn1. The molecule has 8 heteroatoms. The van der Waals surface area contributed by atoms with Crippen LogP contribution in [0, 0.1) is 5.41 Å². The van der Waals surface area contributed by atoms with Crippen molar-refractivity contribution >= 4 is 16.0 Å². The van der Waals surface area contributed by atoms with Crippen LogP contribution in [-0.4, -0.2) is 45.7 Å². The van der Waals surface area contributed by atoms with Gasteiger partial charge in [0, 0.05) is 27.3 Å². The number of rotatable bonds is 8. The van der Waals surface area contributed by atoms with Crippen LogP contribution in [0.25, 0.3) is 0 Å². The van der Waals surface area contributed by atoms with Gasteiger partial charge in [0.15, 0.2) is 0 Å². The molecule has 7 nitrogen and oxygen atoms in total. The van der Waals surface area contributed by atoms with Crippen molar-refractivity contribution in [2.75, 3.05) is 32.6 Å². The third kappa shape index (κ3) is 5.03.